The second-order valence-corrected chi connectivity index (χ2v) is 6.34. The third-order valence-corrected chi connectivity index (χ3v) is 4.54. The molecule has 0 aliphatic rings. The molecule has 0 aliphatic heterocycles. The van der Waals surface area contributed by atoms with Crippen molar-refractivity contribution in [3.8, 4) is 5.75 Å². The first-order chi connectivity index (χ1) is 11.6. The number of hydrogen-bond donors (Lipinski definition) is 2. The van der Waals surface area contributed by atoms with Crippen LogP contribution in [0.5, 0.6) is 5.75 Å². The molecule has 0 bridgehead atoms. The second kappa shape index (κ2) is 6.92. The number of ether oxygens (including phenoxy) is 1. The molecule has 7 heteroatoms. The molecule has 0 atom stereocenters. The highest BCUT2D eigenvalue weighted by Gasteiger charge is 2.17. The van der Waals surface area contributed by atoms with E-state index in [0.29, 0.717) is 28.8 Å². The van der Waals surface area contributed by atoms with E-state index in [0.717, 1.165) is 29.5 Å². The van der Waals surface area contributed by atoms with Crippen LogP contribution >= 0.6 is 11.3 Å². The first-order valence-corrected chi connectivity index (χ1v) is 8.51. The Morgan fingerprint density at radius 1 is 1.46 bits per heavy atom. The summed E-state index contributed by atoms with van der Waals surface area (Å²) in [4.78, 5) is 16.5. The number of nitrogens with two attached hydrogens (primary N) is 1. The van der Waals surface area contributed by atoms with Gasteiger partial charge in [-0.15, -0.1) is 11.3 Å². The molecule has 3 N–H and O–H groups in total. The number of aromatic nitrogens is 1. The molecule has 6 nitrogen and oxygen atoms in total. The summed E-state index contributed by atoms with van der Waals surface area (Å²) < 4.78 is 10.9. The minimum atomic E-state index is -0.208. The number of aryl methyl sites for hydroxylation is 2. The lowest BCUT2D eigenvalue weighted by Crippen LogP contribution is -2.25. The van der Waals surface area contributed by atoms with E-state index in [4.69, 9.17) is 14.9 Å². The lowest BCUT2D eigenvalue weighted by Gasteiger charge is -2.03. The first-order valence-electron chi connectivity index (χ1n) is 7.63. The minimum absolute atomic E-state index is 0.208. The van der Waals surface area contributed by atoms with Gasteiger partial charge in [-0.3, -0.25) is 4.79 Å². The molecule has 0 radical (unpaired) electrons. The van der Waals surface area contributed by atoms with Crippen LogP contribution in [0.3, 0.4) is 0 Å². The van der Waals surface area contributed by atoms with Crippen LogP contribution in [-0.2, 0) is 6.42 Å². The topological polar surface area (TPSA) is 90.4 Å². The molecular weight excluding hydrogens is 326 g/mol. The van der Waals surface area contributed by atoms with E-state index >= 15 is 0 Å². The number of nitrogen functional groups attached to an aromatic ring is 1. The number of carbonyl (C=O) groups is 1. The second-order valence-electron chi connectivity index (χ2n) is 5.45. The van der Waals surface area contributed by atoms with Crippen LogP contribution in [0, 0.1) is 6.92 Å². The van der Waals surface area contributed by atoms with Crippen LogP contribution in [0.1, 0.15) is 28.2 Å². The smallest absolute Gasteiger partial charge is 0.287 e. The van der Waals surface area contributed by atoms with Gasteiger partial charge in [0, 0.05) is 28.9 Å². The highest BCUT2D eigenvalue weighted by Crippen LogP contribution is 2.28. The monoisotopic (exact) mass is 345 g/mol. The lowest BCUT2D eigenvalue weighted by molar-refractivity contribution is 0.0927. The van der Waals surface area contributed by atoms with Crippen LogP contribution in [0.2, 0.25) is 0 Å². The molecular formula is C17H19N3O3S. The highest BCUT2D eigenvalue weighted by molar-refractivity contribution is 7.13. The quantitative estimate of drug-likeness (QED) is 0.670. The Bertz CT molecular complexity index is 869. The van der Waals surface area contributed by atoms with E-state index in [2.05, 4.69) is 10.3 Å². The van der Waals surface area contributed by atoms with Gasteiger partial charge in [0.1, 0.15) is 11.3 Å². The molecule has 0 spiro atoms. The molecule has 0 unspecified atom stereocenters. The van der Waals surface area contributed by atoms with Crippen molar-refractivity contribution < 1.29 is 13.9 Å². The molecule has 2 heterocycles. The van der Waals surface area contributed by atoms with Gasteiger partial charge in [-0.25, -0.2) is 4.98 Å². The van der Waals surface area contributed by atoms with Crippen molar-refractivity contribution in [2.75, 3.05) is 19.4 Å². The van der Waals surface area contributed by atoms with E-state index in [1.807, 2.05) is 24.4 Å². The fourth-order valence-electron chi connectivity index (χ4n) is 2.54. The van der Waals surface area contributed by atoms with Crippen LogP contribution in [0.15, 0.2) is 28.0 Å². The summed E-state index contributed by atoms with van der Waals surface area (Å²) >= 11 is 1.43. The van der Waals surface area contributed by atoms with E-state index in [-0.39, 0.29) is 5.91 Å². The number of amides is 1. The molecule has 1 aromatic carbocycles. The van der Waals surface area contributed by atoms with Crippen LogP contribution in [0.25, 0.3) is 11.0 Å². The van der Waals surface area contributed by atoms with Crippen molar-refractivity contribution in [2.45, 2.75) is 19.8 Å². The molecule has 24 heavy (non-hydrogen) atoms. The van der Waals surface area contributed by atoms with Crippen molar-refractivity contribution in [3.05, 3.63) is 40.6 Å². The van der Waals surface area contributed by atoms with Crippen molar-refractivity contribution in [1.82, 2.24) is 10.3 Å². The molecule has 3 aromatic rings. The number of carbonyl (C=O) groups excluding carboxylic acids is 1. The standard InChI is InChI=1S/C17H19N3O3S/c1-10-13-6-5-12(22-2)8-14(13)23-15(10)16(21)19-7-3-4-11-9-24-17(18)20-11/h5-6,8-9H,3-4,7H2,1-2H3,(H2,18,20)(H,19,21). The number of hydrogen-bond acceptors (Lipinski definition) is 6. The van der Waals surface area contributed by atoms with Gasteiger partial charge < -0.3 is 20.2 Å². The third kappa shape index (κ3) is 3.35. The fraction of sp³-hybridized carbons (Fsp3) is 0.294. The zero-order valence-electron chi connectivity index (χ0n) is 13.6. The fourth-order valence-corrected chi connectivity index (χ4v) is 3.14. The van der Waals surface area contributed by atoms with Crippen molar-refractivity contribution in [2.24, 2.45) is 0 Å². The molecule has 3 rings (SSSR count). The molecule has 126 valence electrons. The average molecular weight is 345 g/mol. The van der Waals surface area contributed by atoms with Crippen molar-refractivity contribution >= 4 is 33.3 Å². The first kappa shape index (κ1) is 16.3. The third-order valence-electron chi connectivity index (χ3n) is 3.82. The van der Waals surface area contributed by atoms with Crippen molar-refractivity contribution in [1.29, 1.82) is 0 Å². The Labute approximate surface area is 143 Å². The molecule has 0 aliphatic carbocycles. The SMILES string of the molecule is COc1ccc2c(C)c(C(=O)NCCCc3csc(N)n3)oc2c1. The number of methoxy groups -OCH3 is 1. The van der Waals surface area contributed by atoms with E-state index in [9.17, 15) is 4.79 Å². The van der Waals surface area contributed by atoms with E-state index in [1.165, 1.54) is 11.3 Å². The van der Waals surface area contributed by atoms with Gasteiger partial charge in [-0.2, -0.15) is 0 Å². The summed E-state index contributed by atoms with van der Waals surface area (Å²) in [5.41, 5.74) is 8.03. The lowest BCUT2D eigenvalue weighted by atomic mass is 10.1. The Balaban J connectivity index is 1.62. The summed E-state index contributed by atoms with van der Waals surface area (Å²) in [6, 6.07) is 5.54. The number of fused-ring (bicyclic) bond motifs is 1. The maximum absolute atomic E-state index is 12.3. The largest absolute Gasteiger partial charge is 0.497 e. The Morgan fingerprint density at radius 2 is 2.29 bits per heavy atom. The van der Waals surface area contributed by atoms with Crippen LogP contribution in [0.4, 0.5) is 5.13 Å². The molecule has 1 amide bonds. The van der Waals surface area contributed by atoms with Gasteiger partial charge >= 0.3 is 0 Å². The van der Waals surface area contributed by atoms with E-state index < -0.39 is 0 Å². The zero-order chi connectivity index (χ0) is 17.1. The van der Waals surface area contributed by atoms with Crippen LogP contribution in [-0.4, -0.2) is 24.5 Å². The number of benzene rings is 1. The molecule has 0 saturated carbocycles. The Morgan fingerprint density at radius 3 is 3.00 bits per heavy atom. The van der Waals surface area contributed by atoms with E-state index in [1.54, 1.807) is 13.2 Å². The van der Waals surface area contributed by atoms with Gasteiger partial charge in [0.15, 0.2) is 10.9 Å². The van der Waals surface area contributed by atoms with Gasteiger partial charge in [0.05, 0.1) is 12.8 Å². The van der Waals surface area contributed by atoms with Crippen LogP contribution < -0.4 is 15.8 Å². The van der Waals surface area contributed by atoms with Gasteiger partial charge in [-0.05, 0) is 31.9 Å². The summed E-state index contributed by atoms with van der Waals surface area (Å²) in [6.45, 7) is 2.43. The normalized spacial score (nSPS) is 10.9. The zero-order valence-corrected chi connectivity index (χ0v) is 14.4. The number of nitrogens with zero attached hydrogens (tertiary/aromatic N) is 1. The number of nitrogens with one attached hydrogen (secondary N) is 1. The maximum Gasteiger partial charge on any atom is 0.287 e. The number of furan rings is 1. The summed E-state index contributed by atoms with van der Waals surface area (Å²) in [5, 5.41) is 6.31. The number of rotatable bonds is 6. The average Bonchev–Trinajstić information content (AvgIpc) is 3.14. The predicted octanol–water partition coefficient (Wildman–Crippen LogP) is 3.15. The van der Waals surface area contributed by atoms with Gasteiger partial charge in [0.25, 0.3) is 5.91 Å². The van der Waals surface area contributed by atoms with Gasteiger partial charge in [-0.1, -0.05) is 0 Å². The van der Waals surface area contributed by atoms with Gasteiger partial charge in [0.2, 0.25) is 0 Å². The highest BCUT2D eigenvalue weighted by atomic mass is 32.1. The van der Waals surface area contributed by atoms with Crippen molar-refractivity contribution in [3.63, 3.8) is 0 Å². The molecule has 0 fully saturated rings. The summed E-state index contributed by atoms with van der Waals surface area (Å²) in [7, 11) is 1.60. The summed E-state index contributed by atoms with van der Waals surface area (Å²) in [6.07, 6.45) is 1.58. The number of thiazole rings is 1. The predicted molar refractivity (Wildman–Crippen MR) is 94.7 cm³/mol. The Hall–Kier alpha value is -2.54. The minimum Gasteiger partial charge on any atom is -0.497 e. The maximum atomic E-state index is 12.3. The molecule has 0 saturated heterocycles. The summed E-state index contributed by atoms with van der Waals surface area (Å²) in [5.74, 6) is 0.836. The number of anilines is 1. The Kier molecular flexibility index (Phi) is 4.71. The molecule has 2 aromatic heterocycles.